The first-order valence-electron chi connectivity index (χ1n) is 7.68. The average molecular weight is 314 g/mol. The van der Waals surface area contributed by atoms with Crippen LogP contribution in [0.25, 0.3) is 11.0 Å². The lowest BCUT2D eigenvalue weighted by molar-refractivity contribution is 0.0897. The number of fused-ring (bicyclic) bond motifs is 1. The minimum Gasteiger partial charge on any atom is -0.405 e. The largest absolute Gasteiger partial charge is 0.405 e. The smallest absolute Gasteiger partial charge is 0.315 e. The summed E-state index contributed by atoms with van der Waals surface area (Å²) in [6, 6.07) is 2.48. The van der Waals surface area contributed by atoms with Gasteiger partial charge in [-0.25, -0.2) is 4.98 Å². The van der Waals surface area contributed by atoms with Crippen molar-refractivity contribution >= 4 is 17.0 Å². The first kappa shape index (κ1) is 14.1. The molecule has 0 radical (unpaired) electrons. The van der Waals surface area contributed by atoms with Gasteiger partial charge in [0.15, 0.2) is 5.65 Å². The predicted octanol–water partition coefficient (Wildman–Crippen LogP) is 2.12. The summed E-state index contributed by atoms with van der Waals surface area (Å²) in [5.41, 5.74) is 2.88. The molecule has 0 amide bonds. The van der Waals surface area contributed by atoms with Crippen molar-refractivity contribution in [1.82, 2.24) is 25.0 Å². The number of rotatable bonds is 4. The van der Waals surface area contributed by atoms with Crippen molar-refractivity contribution in [2.75, 3.05) is 11.9 Å². The molecule has 1 aliphatic heterocycles. The van der Waals surface area contributed by atoms with E-state index in [0.29, 0.717) is 18.5 Å². The van der Waals surface area contributed by atoms with Crippen molar-refractivity contribution in [3.63, 3.8) is 0 Å². The second-order valence-corrected chi connectivity index (χ2v) is 5.72. The van der Waals surface area contributed by atoms with E-state index in [1.54, 1.807) is 4.68 Å². The van der Waals surface area contributed by atoms with Crippen LogP contribution in [-0.2, 0) is 18.3 Å². The molecule has 120 valence electrons. The van der Waals surface area contributed by atoms with Gasteiger partial charge in [0, 0.05) is 31.8 Å². The number of nitrogens with zero attached hydrogens (tertiary/aromatic N) is 5. The van der Waals surface area contributed by atoms with Gasteiger partial charge < -0.3 is 14.5 Å². The fraction of sp³-hybridized carbons (Fsp3) is 0.467. The SMILES string of the molecule is Cc1nn(C)c2ncc(CNc3nnc(C4CCCO4)o3)cc12. The third-order valence-electron chi connectivity index (χ3n) is 4.01. The van der Waals surface area contributed by atoms with Crippen molar-refractivity contribution < 1.29 is 9.15 Å². The highest BCUT2D eigenvalue weighted by Gasteiger charge is 2.23. The molecular formula is C15H18N6O2. The van der Waals surface area contributed by atoms with Crippen LogP contribution in [0.3, 0.4) is 0 Å². The third-order valence-corrected chi connectivity index (χ3v) is 4.01. The standard InChI is InChI=1S/C15H18N6O2/c1-9-11-6-10(7-16-13(11)21(2)20-9)8-17-15-19-18-14(23-15)12-4-3-5-22-12/h6-7,12H,3-5,8H2,1-2H3,(H,17,19). The Kier molecular flexibility index (Phi) is 3.45. The van der Waals surface area contributed by atoms with Gasteiger partial charge in [-0.15, -0.1) is 5.10 Å². The number of aryl methyl sites for hydroxylation is 2. The van der Waals surface area contributed by atoms with Crippen LogP contribution in [0.1, 0.15) is 36.1 Å². The number of anilines is 1. The molecule has 3 aromatic heterocycles. The van der Waals surface area contributed by atoms with Crippen LogP contribution < -0.4 is 5.32 Å². The van der Waals surface area contributed by atoms with Crippen LogP contribution in [-0.4, -0.2) is 31.6 Å². The zero-order valence-corrected chi connectivity index (χ0v) is 13.1. The van der Waals surface area contributed by atoms with E-state index in [1.165, 1.54) is 0 Å². The zero-order chi connectivity index (χ0) is 15.8. The molecule has 1 fully saturated rings. The summed E-state index contributed by atoms with van der Waals surface area (Å²) in [5.74, 6) is 0.543. The van der Waals surface area contributed by atoms with Gasteiger partial charge in [-0.1, -0.05) is 5.10 Å². The second-order valence-electron chi connectivity index (χ2n) is 5.72. The molecule has 1 unspecified atom stereocenters. The molecule has 1 atom stereocenters. The molecule has 0 aliphatic carbocycles. The van der Waals surface area contributed by atoms with Crippen LogP contribution in [0.2, 0.25) is 0 Å². The summed E-state index contributed by atoms with van der Waals surface area (Å²) >= 11 is 0. The Balaban J connectivity index is 1.47. The third kappa shape index (κ3) is 2.65. The maximum absolute atomic E-state index is 5.61. The van der Waals surface area contributed by atoms with Crippen LogP contribution >= 0.6 is 0 Å². The molecular weight excluding hydrogens is 296 g/mol. The quantitative estimate of drug-likeness (QED) is 0.788. The summed E-state index contributed by atoms with van der Waals surface area (Å²) in [4.78, 5) is 4.46. The summed E-state index contributed by atoms with van der Waals surface area (Å²) in [6.45, 7) is 3.30. The lowest BCUT2D eigenvalue weighted by Crippen LogP contribution is -2.00. The van der Waals surface area contributed by atoms with E-state index >= 15 is 0 Å². The van der Waals surface area contributed by atoms with Crippen molar-refractivity contribution in [2.45, 2.75) is 32.4 Å². The molecule has 8 nitrogen and oxygen atoms in total. The Morgan fingerprint density at radius 2 is 2.30 bits per heavy atom. The maximum Gasteiger partial charge on any atom is 0.315 e. The van der Waals surface area contributed by atoms with Crippen LogP contribution in [0.5, 0.6) is 0 Å². The average Bonchev–Trinajstić information content (AvgIpc) is 3.27. The van der Waals surface area contributed by atoms with Crippen LogP contribution in [0.4, 0.5) is 6.01 Å². The lowest BCUT2D eigenvalue weighted by atomic mass is 10.2. The van der Waals surface area contributed by atoms with E-state index in [2.05, 4.69) is 31.7 Å². The molecule has 1 N–H and O–H groups in total. The molecule has 1 saturated heterocycles. The topological polar surface area (TPSA) is 90.9 Å². The number of hydrogen-bond acceptors (Lipinski definition) is 7. The Morgan fingerprint density at radius 3 is 3.13 bits per heavy atom. The minimum atomic E-state index is -0.0610. The number of aromatic nitrogens is 5. The molecule has 1 aliphatic rings. The van der Waals surface area contributed by atoms with Gasteiger partial charge in [-0.3, -0.25) is 4.68 Å². The van der Waals surface area contributed by atoms with E-state index < -0.39 is 0 Å². The van der Waals surface area contributed by atoms with Crippen molar-refractivity contribution in [3.8, 4) is 0 Å². The molecule has 0 bridgehead atoms. The van der Waals surface area contributed by atoms with Gasteiger partial charge >= 0.3 is 6.01 Å². The Labute approximate surface area is 132 Å². The Hall–Kier alpha value is -2.48. The Bertz CT molecular complexity index is 834. The van der Waals surface area contributed by atoms with Gasteiger partial charge in [0.1, 0.15) is 6.10 Å². The molecule has 8 heteroatoms. The van der Waals surface area contributed by atoms with Gasteiger partial charge in [0.05, 0.1) is 5.69 Å². The van der Waals surface area contributed by atoms with Crippen LogP contribution in [0.15, 0.2) is 16.7 Å². The summed E-state index contributed by atoms with van der Waals surface area (Å²) in [5, 5.41) is 16.6. The van der Waals surface area contributed by atoms with Crippen molar-refractivity contribution in [1.29, 1.82) is 0 Å². The molecule has 0 aromatic carbocycles. The van der Waals surface area contributed by atoms with E-state index in [4.69, 9.17) is 9.15 Å². The van der Waals surface area contributed by atoms with E-state index in [0.717, 1.165) is 41.7 Å². The Morgan fingerprint density at radius 1 is 1.39 bits per heavy atom. The van der Waals surface area contributed by atoms with E-state index in [-0.39, 0.29) is 6.10 Å². The monoisotopic (exact) mass is 314 g/mol. The highest BCUT2D eigenvalue weighted by molar-refractivity contribution is 5.78. The normalized spacial score (nSPS) is 17.9. The highest BCUT2D eigenvalue weighted by atomic mass is 16.5. The highest BCUT2D eigenvalue weighted by Crippen LogP contribution is 2.28. The van der Waals surface area contributed by atoms with Crippen molar-refractivity contribution in [3.05, 3.63) is 29.4 Å². The maximum atomic E-state index is 5.61. The van der Waals surface area contributed by atoms with Gasteiger partial charge in [0.25, 0.3) is 0 Å². The summed E-state index contributed by atoms with van der Waals surface area (Å²) < 4.78 is 12.9. The van der Waals surface area contributed by atoms with Gasteiger partial charge in [-0.05, 0) is 31.4 Å². The molecule has 0 spiro atoms. The second kappa shape index (κ2) is 5.62. The van der Waals surface area contributed by atoms with Gasteiger partial charge in [0.2, 0.25) is 5.89 Å². The number of hydrogen-bond donors (Lipinski definition) is 1. The number of pyridine rings is 1. The molecule has 4 rings (SSSR count). The fourth-order valence-corrected chi connectivity index (χ4v) is 2.83. The fourth-order valence-electron chi connectivity index (χ4n) is 2.83. The molecule has 3 aromatic rings. The summed E-state index contributed by atoms with van der Waals surface area (Å²) in [6.07, 6.45) is 3.73. The predicted molar refractivity (Wildman–Crippen MR) is 82.8 cm³/mol. The molecule has 4 heterocycles. The first-order valence-corrected chi connectivity index (χ1v) is 7.68. The lowest BCUT2D eigenvalue weighted by Gasteiger charge is -2.03. The number of nitrogens with one attached hydrogen (secondary N) is 1. The van der Waals surface area contributed by atoms with E-state index in [1.807, 2.05) is 20.2 Å². The molecule has 0 saturated carbocycles. The van der Waals surface area contributed by atoms with Crippen LogP contribution in [0, 0.1) is 6.92 Å². The zero-order valence-electron chi connectivity index (χ0n) is 13.1. The van der Waals surface area contributed by atoms with Crippen molar-refractivity contribution in [2.24, 2.45) is 7.05 Å². The number of ether oxygens (including phenoxy) is 1. The first-order chi connectivity index (χ1) is 11.2. The van der Waals surface area contributed by atoms with E-state index in [9.17, 15) is 0 Å². The molecule has 23 heavy (non-hydrogen) atoms. The summed E-state index contributed by atoms with van der Waals surface area (Å²) in [7, 11) is 1.89. The minimum absolute atomic E-state index is 0.0610. The van der Waals surface area contributed by atoms with Gasteiger partial charge in [-0.2, -0.15) is 5.10 Å².